The molecule has 2 aromatic rings. The summed E-state index contributed by atoms with van der Waals surface area (Å²) < 4.78 is 0. The second kappa shape index (κ2) is 4.57. The molecular weight excluding hydrogens is 254 g/mol. The number of Topliss-reactive ketones (excluding diaryl/α,β-unsaturated/α-hetero) is 1. The van der Waals surface area contributed by atoms with Crippen LogP contribution in [0.25, 0.3) is 0 Å². The molecule has 2 heterocycles. The number of carbonyl (C=O) groups is 2. The van der Waals surface area contributed by atoms with Gasteiger partial charge < -0.3 is 5.73 Å². The van der Waals surface area contributed by atoms with Crippen LogP contribution in [-0.4, -0.2) is 26.9 Å². The minimum atomic E-state index is -0.412. The first-order chi connectivity index (χ1) is 8.49. The Balaban J connectivity index is 2.20. The summed E-state index contributed by atoms with van der Waals surface area (Å²) in [5, 5.41) is 9.06. The minimum Gasteiger partial charge on any atom is -0.383 e. The fourth-order valence-corrected chi connectivity index (χ4v) is 2.27. The van der Waals surface area contributed by atoms with Crippen LogP contribution >= 0.6 is 11.3 Å². The van der Waals surface area contributed by atoms with Crippen LogP contribution in [0.3, 0.4) is 0 Å². The summed E-state index contributed by atoms with van der Waals surface area (Å²) in [6, 6.07) is 0. The van der Waals surface area contributed by atoms with Crippen molar-refractivity contribution in [1.82, 2.24) is 15.2 Å². The van der Waals surface area contributed by atoms with Gasteiger partial charge in [-0.2, -0.15) is 5.10 Å². The molecule has 2 aromatic heterocycles. The van der Waals surface area contributed by atoms with Gasteiger partial charge in [-0.3, -0.25) is 20.0 Å². The van der Waals surface area contributed by atoms with Gasteiger partial charge in [0.15, 0.2) is 10.9 Å². The molecule has 0 fully saturated rings. The van der Waals surface area contributed by atoms with Crippen LogP contribution in [0.5, 0.6) is 0 Å². The van der Waals surface area contributed by atoms with Crippen molar-refractivity contribution in [1.29, 1.82) is 0 Å². The molecule has 2 rings (SSSR count). The summed E-state index contributed by atoms with van der Waals surface area (Å²) in [5.74, 6) is -0.300. The normalized spacial score (nSPS) is 10.3. The maximum Gasteiger partial charge on any atom is 0.262 e. The van der Waals surface area contributed by atoms with E-state index in [-0.39, 0.29) is 17.2 Å². The number of anilines is 2. The summed E-state index contributed by atoms with van der Waals surface area (Å²) >= 11 is 1.14. The van der Waals surface area contributed by atoms with Crippen LogP contribution in [0.2, 0.25) is 0 Å². The number of nitrogens with one attached hydrogen (secondary N) is 2. The Labute approximate surface area is 106 Å². The number of aryl methyl sites for hydroxylation is 1. The van der Waals surface area contributed by atoms with E-state index in [2.05, 4.69) is 20.5 Å². The number of aromatic amines is 1. The van der Waals surface area contributed by atoms with Crippen LogP contribution < -0.4 is 11.1 Å². The van der Waals surface area contributed by atoms with Crippen molar-refractivity contribution in [2.75, 3.05) is 11.1 Å². The number of nitrogens with zero attached hydrogens (tertiary/aromatic N) is 2. The minimum absolute atomic E-state index is 0.0756. The van der Waals surface area contributed by atoms with Crippen LogP contribution in [0.1, 0.15) is 32.6 Å². The Bertz CT molecular complexity index is 616. The number of ketones is 1. The summed E-state index contributed by atoms with van der Waals surface area (Å²) in [7, 11) is 0. The molecule has 0 aliphatic heterocycles. The molecule has 0 saturated heterocycles. The number of hydrogen-bond acceptors (Lipinski definition) is 6. The predicted molar refractivity (Wildman–Crippen MR) is 67.8 cm³/mol. The van der Waals surface area contributed by atoms with Gasteiger partial charge in [0.25, 0.3) is 5.91 Å². The Morgan fingerprint density at radius 2 is 2.22 bits per heavy atom. The molecule has 18 heavy (non-hydrogen) atoms. The summed E-state index contributed by atoms with van der Waals surface area (Å²) in [6.45, 7) is 3.18. The molecule has 0 spiro atoms. The fraction of sp³-hybridized carbons (Fsp3) is 0.200. The molecule has 0 atom stereocenters. The van der Waals surface area contributed by atoms with E-state index >= 15 is 0 Å². The molecule has 94 valence electrons. The number of thiazole rings is 1. The molecule has 1 amide bonds. The SMILES string of the molecule is CC(=O)c1sc(NC(=O)c2cn[nH]c2N)nc1C. The first kappa shape index (κ1) is 12.2. The molecular formula is C10H11N5O2S. The molecule has 0 unspecified atom stereocenters. The quantitative estimate of drug-likeness (QED) is 0.722. The van der Waals surface area contributed by atoms with Crippen LogP contribution in [0.4, 0.5) is 10.9 Å². The van der Waals surface area contributed by atoms with Crippen molar-refractivity contribution in [2.24, 2.45) is 0 Å². The average Bonchev–Trinajstić information content (AvgIpc) is 2.84. The molecule has 7 nitrogen and oxygen atoms in total. The first-order valence-corrected chi connectivity index (χ1v) is 5.89. The molecule has 0 radical (unpaired) electrons. The lowest BCUT2D eigenvalue weighted by atomic mass is 10.3. The van der Waals surface area contributed by atoms with Crippen LogP contribution in [-0.2, 0) is 0 Å². The van der Waals surface area contributed by atoms with E-state index in [1.165, 1.54) is 13.1 Å². The summed E-state index contributed by atoms with van der Waals surface area (Å²) in [4.78, 5) is 27.7. The number of nitrogens with two attached hydrogens (primary N) is 1. The van der Waals surface area contributed by atoms with E-state index in [0.29, 0.717) is 15.7 Å². The lowest BCUT2D eigenvalue weighted by Crippen LogP contribution is -2.12. The highest BCUT2D eigenvalue weighted by Crippen LogP contribution is 2.23. The standard InChI is InChI=1S/C10H11N5O2S/c1-4-7(5(2)16)18-10(13-4)14-9(17)6-3-12-15-8(6)11/h3H,1-2H3,(H3,11,12,15)(H,13,14,17). The summed E-state index contributed by atoms with van der Waals surface area (Å²) in [6.07, 6.45) is 1.33. The van der Waals surface area contributed by atoms with Crippen molar-refractivity contribution < 1.29 is 9.59 Å². The Morgan fingerprint density at radius 3 is 2.72 bits per heavy atom. The lowest BCUT2D eigenvalue weighted by Gasteiger charge is -1.98. The fourth-order valence-electron chi connectivity index (χ4n) is 1.42. The van der Waals surface area contributed by atoms with E-state index in [4.69, 9.17) is 5.73 Å². The monoisotopic (exact) mass is 265 g/mol. The third kappa shape index (κ3) is 2.23. The largest absolute Gasteiger partial charge is 0.383 e. The molecule has 4 N–H and O–H groups in total. The highest BCUT2D eigenvalue weighted by molar-refractivity contribution is 7.17. The molecule has 0 bridgehead atoms. The topological polar surface area (TPSA) is 114 Å². The van der Waals surface area contributed by atoms with Gasteiger partial charge in [-0.15, -0.1) is 0 Å². The second-order valence-electron chi connectivity index (χ2n) is 3.64. The van der Waals surface area contributed by atoms with Gasteiger partial charge in [0.2, 0.25) is 0 Å². The van der Waals surface area contributed by atoms with Crippen molar-refractivity contribution in [3.05, 3.63) is 22.3 Å². The van der Waals surface area contributed by atoms with Crippen molar-refractivity contribution in [3.8, 4) is 0 Å². The van der Waals surface area contributed by atoms with Crippen LogP contribution in [0, 0.1) is 6.92 Å². The lowest BCUT2D eigenvalue weighted by molar-refractivity contribution is 0.101. The van der Waals surface area contributed by atoms with Gasteiger partial charge in [-0.05, 0) is 6.92 Å². The summed E-state index contributed by atoms with van der Waals surface area (Å²) in [5.41, 5.74) is 6.37. The van der Waals surface area contributed by atoms with Crippen molar-refractivity contribution >= 4 is 34.0 Å². The van der Waals surface area contributed by atoms with Gasteiger partial charge in [0.1, 0.15) is 11.4 Å². The van der Waals surface area contributed by atoms with E-state index in [9.17, 15) is 9.59 Å². The average molecular weight is 265 g/mol. The van der Waals surface area contributed by atoms with Crippen molar-refractivity contribution in [2.45, 2.75) is 13.8 Å². The third-order valence-corrected chi connectivity index (χ3v) is 3.42. The number of hydrogen-bond donors (Lipinski definition) is 3. The number of amides is 1. The molecule has 0 aliphatic rings. The maximum absolute atomic E-state index is 11.8. The molecule has 0 aliphatic carbocycles. The molecule has 8 heteroatoms. The number of aromatic nitrogens is 3. The van der Waals surface area contributed by atoms with Gasteiger partial charge in [0, 0.05) is 6.92 Å². The van der Waals surface area contributed by atoms with Crippen LogP contribution in [0.15, 0.2) is 6.20 Å². The number of H-pyrrole nitrogens is 1. The highest BCUT2D eigenvalue weighted by atomic mass is 32.1. The maximum atomic E-state index is 11.8. The van der Waals surface area contributed by atoms with E-state index in [1.54, 1.807) is 6.92 Å². The molecule has 0 aromatic carbocycles. The number of rotatable bonds is 3. The van der Waals surface area contributed by atoms with E-state index in [1.807, 2.05) is 0 Å². The zero-order chi connectivity index (χ0) is 13.3. The number of nitrogen functional groups attached to an aromatic ring is 1. The van der Waals surface area contributed by atoms with Gasteiger partial charge in [-0.25, -0.2) is 4.98 Å². The second-order valence-corrected chi connectivity index (χ2v) is 4.64. The third-order valence-electron chi connectivity index (χ3n) is 2.25. The van der Waals surface area contributed by atoms with Gasteiger partial charge in [0.05, 0.1) is 16.8 Å². The highest BCUT2D eigenvalue weighted by Gasteiger charge is 2.16. The first-order valence-electron chi connectivity index (χ1n) is 5.07. The zero-order valence-electron chi connectivity index (χ0n) is 9.77. The predicted octanol–water partition coefficient (Wildman–Crippen LogP) is 1.21. The van der Waals surface area contributed by atoms with E-state index in [0.717, 1.165) is 11.3 Å². The number of carbonyl (C=O) groups excluding carboxylic acids is 2. The van der Waals surface area contributed by atoms with E-state index < -0.39 is 5.91 Å². The zero-order valence-corrected chi connectivity index (χ0v) is 10.6. The Morgan fingerprint density at radius 1 is 1.50 bits per heavy atom. The Hall–Kier alpha value is -2.22. The smallest absolute Gasteiger partial charge is 0.262 e. The van der Waals surface area contributed by atoms with Gasteiger partial charge >= 0.3 is 0 Å². The van der Waals surface area contributed by atoms with Crippen molar-refractivity contribution in [3.63, 3.8) is 0 Å². The van der Waals surface area contributed by atoms with Gasteiger partial charge in [-0.1, -0.05) is 11.3 Å². The molecule has 0 saturated carbocycles. The Kier molecular flexibility index (Phi) is 3.11.